The Bertz CT molecular complexity index is 679. The second-order valence-electron chi connectivity index (χ2n) is 5.82. The van der Waals surface area contributed by atoms with Gasteiger partial charge in [-0.2, -0.15) is 0 Å². The van der Waals surface area contributed by atoms with E-state index in [0.29, 0.717) is 19.4 Å². The Morgan fingerprint density at radius 2 is 1.71 bits per heavy atom. The average molecular weight is 340 g/mol. The van der Waals surface area contributed by atoms with Crippen molar-refractivity contribution >= 4 is 0 Å². The Labute approximate surface area is 137 Å². The standard InChI is InChI=1S/C18H16F4O2/c19-17-7-6-14(24-18(20,21)22)10-16(17)13-8-15(9-13)23-11-12-4-2-1-3-5-12/h1-7,10,13,15H,8-9,11H2/t13-,15+. The fraction of sp³-hybridized carbons (Fsp3) is 0.333. The third-order valence-corrected chi connectivity index (χ3v) is 4.06. The maximum Gasteiger partial charge on any atom is 0.573 e. The van der Waals surface area contributed by atoms with Crippen molar-refractivity contribution in [3.8, 4) is 5.75 Å². The minimum Gasteiger partial charge on any atom is -0.406 e. The summed E-state index contributed by atoms with van der Waals surface area (Å²) in [6.45, 7) is 0.470. The number of hydrogen-bond acceptors (Lipinski definition) is 2. The maximum atomic E-state index is 13.9. The lowest BCUT2D eigenvalue weighted by molar-refractivity contribution is -0.274. The topological polar surface area (TPSA) is 18.5 Å². The Kier molecular flexibility index (Phi) is 4.76. The lowest BCUT2D eigenvalue weighted by Gasteiger charge is -2.35. The van der Waals surface area contributed by atoms with Gasteiger partial charge in [0.1, 0.15) is 11.6 Å². The number of rotatable bonds is 5. The molecule has 1 aliphatic rings. The van der Waals surface area contributed by atoms with Gasteiger partial charge in [-0.1, -0.05) is 30.3 Å². The molecule has 1 saturated carbocycles. The number of benzene rings is 2. The summed E-state index contributed by atoms with van der Waals surface area (Å²) in [5, 5.41) is 0. The van der Waals surface area contributed by atoms with E-state index >= 15 is 0 Å². The summed E-state index contributed by atoms with van der Waals surface area (Å²) in [5.74, 6) is -1.06. The molecule has 0 amide bonds. The van der Waals surface area contributed by atoms with Crippen LogP contribution in [0.4, 0.5) is 17.6 Å². The number of alkyl halides is 3. The summed E-state index contributed by atoms with van der Waals surface area (Å²) in [6.07, 6.45) is -3.63. The molecule has 2 aromatic carbocycles. The Morgan fingerprint density at radius 1 is 1.00 bits per heavy atom. The Hall–Kier alpha value is -2.08. The van der Waals surface area contributed by atoms with Gasteiger partial charge in [-0.05, 0) is 48.1 Å². The predicted octanol–water partition coefficient (Wildman–Crippen LogP) is 5.19. The molecule has 24 heavy (non-hydrogen) atoms. The normalized spacial score (nSPS) is 20.5. The highest BCUT2D eigenvalue weighted by atomic mass is 19.4. The van der Waals surface area contributed by atoms with Crippen LogP contribution < -0.4 is 4.74 Å². The van der Waals surface area contributed by atoms with Crippen molar-refractivity contribution in [3.05, 3.63) is 65.5 Å². The van der Waals surface area contributed by atoms with Crippen LogP contribution in [0.1, 0.15) is 29.9 Å². The molecule has 0 N–H and O–H groups in total. The number of halogens is 4. The van der Waals surface area contributed by atoms with Crippen molar-refractivity contribution in [1.82, 2.24) is 0 Å². The van der Waals surface area contributed by atoms with Crippen molar-refractivity contribution in [3.63, 3.8) is 0 Å². The molecule has 0 radical (unpaired) electrons. The van der Waals surface area contributed by atoms with Crippen LogP contribution >= 0.6 is 0 Å². The van der Waals surface area contributed by atoms with Crippen LogP contribution in [0.5, 0.6) is 5.75 Å². The summed E-state index contributed by atoms with van der Waals surface area (Å²) >= 11 is 0. The van der Waals surface area contributed by atoms with E-state index in [2.05, 4.69) is 4.74 Å². The molecule has 0 heterocycles. The van der Waals surface area contributed by atoms with Crippen molar-refractivity contribution in [1.29, 1.82) is 0 Å². The molecule has 0 bridgehead atoms. The average Bonchev–Trinajstić information content (AvgIpc) is 2.48. The quantitative estimate of drug-likeness (QED) is 0.698. The first-order valence-corrected chi connectivity index (χ1v) is 7.61. The number of hydrogen-bond donors (Lipinski definition) is 0. The van der Waals surface area contributed by atoms with Gasteiger partial charge in [-0.3, -0.25) is 0 Å². The second kappa shape index (κ2) is 6.81. The van der Waals surface area contributed by atoms with Crippen LogP contribution in [-0.4, -0.2) is 12.5 Å². The van der Waals surface area contributed by atoms with Gasteiger partial charge in [0.25, 0.3) is 0 Å². The second-order valence-corrected chi connectivity index (χ2v) is 5.82. The molecule has 0 spiro atoms. The molecule has 3 rings (SSSR count). The summed E-state index contributed by atoms with van der Waals surface area (Å²) in [7, 11) is 0. The van der Waals surface area contributed by atoms with Gasteiger partial charge in [0.2, 0.25) is 0 Å². The molecule has 0 aliphatic heterocycles. The van der Waals surface area contributed by atoms with Crippen molar-refractivity contribution < 1.29 is 27.0 Å². The van der Waals surface area contributed by atoms with E-state index in [1.54, 1.807) is 0 Å². The highest BCUT2D eigenvalue weighted by Crippen LogP contribution is 2.41. The lowest BCUT2D eigenvalue weighted by Crippen LogP contribution is -2.30. The highest BCUT2D eigenvalue weighted by Gasteiger charge is 2.35. The van der Waals surface area contributed by atoms with Gasteiger partial charge in [0, 0.05) is 0 Å². The predicted molar refractivity (Wildman–Crippen MR) is 80.1 cm³/mol. The van der Waals surface area contributed by atoms with Gasteiger partial charge in [-0.15, -0.1) is 13.2 Å². The minimum atomic E-state index is -4.78. The minimum absolute atomic E-state index is 0.0122. The lowest BCUT2D eigenvalue weighted by atomic mass is 9.77. The zero-order valence-electron chi connectivity index (χ0n) is 12.7. The fourth-order valence-corrected chi connectivity index (χ4v) is 2.78. The molecule has 1 aliphatic carbocycles. The first-order chi connectivity index (χ1) is 11.4. The fourth-order valence-electron chi connectivity index (χ4n) is 2.78. The van der Waals surface area contributed by atoms with Crippen LogP contribution in [0, 0.1) is 5.82 Å². The first-order valence-electron chi connectivity index (χ1n) is 7.61. The molecular weight excluding hydrogens is 324 g/mol. The van der Waals surface area contributed by atoms with E-state index in [4.69, 9.17) is 4.74 Å². The SMILES string of the molecule is Fc1ccc(OC(F)(F)F)cc1[C@H]1C[C@@H](OCc2ccccc2)C1. The van der Waals surface area contributed by atoms with Crippen LogP contribution in [0.3, 0.4) is 0 Å². The largest absolute Gasteiger partial charge is 0.573 e. The molecule has 128 valence electrons. The molecule has 6 heteroatoms. The van der Waals surface area contributed by atoms with Crippen LogP contribution in [-0.2, 0) is 11.3 Å². The van der Waals surface area contributed by atoms with Gasteiger partial charge in [0.15, 0.2) is 0 Å². The maximum absolute atomic E-state index is 13.9. The van der Waals surface area contributed by atoms with Gasteiger partial charge < -0.3 is 9.47 Å². The molecule has 0 saturated heterocycles. The van der Waals surface area contributed by atoms with Gasteiger partial charge in [-0.25, -0.2) is 4.39 Å². The van der Waals surface area contributed by atoms with Crippen LogP contribution in [0.25, 0.3) is 0 Å². The van der Waals surface area contributed by atoms with Crippen molar-refractivity contribution in [2.24, 2.45) is 0 Å². The molecule has 0 aromatic heterocycles. The monoisotopic (exact) mass is 340 g/mol. The first kappa shape index (κ1) is 16.8. The van der Waals surface area contributed by atoms with Crippen LogP contribution in [0.2, 0.25) is 0 Å². The zero-order valence-corrected chi connectivity index (χ0v) is 12.7. The molecule has 1 fully saturated rings. The van der Waals surface area contributed by atoms with E-state index in [0.717, 1.165) is 23.8 Å². The molecule has 0 unspecified atom stereocenters. The summed E-state index contributed by atoms with van der Waals surface area (Å²) in [6, 6.07) is 12.8. The number of ether oxygens (including phenoxy) is 2. The van der Waals surface area contributed by atoms with E-state index in [9.17, 15) is 17.6 Å². The third-order valence-electron chi connectivity index (χ3n) is 4.06. The molecule has 2 nitrogen and oxygen atoms in total. The van der Waals surface area contributed by atoms with E-state index < -0.39 is 17.9 Å². The summed E-state index contributed by atoms with van der Waals surface area (Å²) < 4.78 is 60.2. The van der Waals surface area contributed by atoms with E-state index in [1.165, 1.54) is 0 Å². The van der Waals surface area contributed by atoms with Gasteiger partial charge in [0.05, 0.1) is 12.7 Å². The summed E-state index contributed by atoms with van der Waals surface area (Å²) in [4.78, 5) is 0. The molecule has 2 aromatic rings. The van der Waals surface area contributed by atoms with Crippen molar-refractivity contribution in [2.45, 2.75) is 37.8 Å². The van der Waals surface area contributed by atoms with Crippen molar-refractivity contribution in [2.75, 3.05) is 0 Å². The highest BCUT2D eigenvalue weighted by molar-refractivity contribution is 5.33. The third kappa shape index (κ3) is 4.26. The van der Waals surface area contributed by atoms with Crippen LogP contribution in [0.15, 0.2) is 48.5 Å². The van der Waals surface area contributed by atoms with E-state index in [-0.39, 0.29) is 17.6 Å². The summed E-state index contributed by atoms with van der Waals surface area (Å²) in [5.41, 5.74) is 1.30. The Morgan fingerprint density at radius 3 is 2.38 bits per heavy atom. The smallest absolute Gasteiger partial charge is 0.406 e. The van der Waals surface area contributed by atoms with E-state index in [1.807, 2.05) is 30.3 Å². The zero-order chi connectivity index (χ0) is 17.2. The molecule has 0 atom stereocenters. The molecular formula is C18H16F4O2. The van der Waals surface area contributed by atoms with Gasteiger partial charge >= 0.3 is 6.36 Å². The Balaban J connectivity index is 1.56.